The molecule has 0 atom stereocenters. The number of rotatable bonds is 5. The number of nitrogens with zero attached hydrogens (tertiary/aromatic N) is 2. The lowest BCUT2D eigenvalue weighted by Crippen LogP contribution is -2.26. The zero-order valence-corrected chi connectivity index (χ0v) is 19.4. The maximum atomic E-state index is 13.9. The molecule has 1 amide bonds. The van der Waals surface area contributed by atoms with Crippen molar-refractivity contribution in [2.45, 2.75) is 6.92 Å². The summed E-state index contributed by atoms with van der Waals surface area (Å²) in [6.45, 7) is 1.68. The fourth-order valence-electron chi connectivity index (χ4n) is 3.67. The van der Waals surface area contributed by atoms with E-state index in [0.29, 0.717) is 11.0 Å². The molecule has 0 aliphatic carbocycles. The molecular weight excluding hydrogens is 489 g/mol. The number of nitrogens with one attached hydrogen (secondary N) is 1. The van der Waals surface area contributed by atoms with Gasteiger partial charge in [-0.15, -0.1) is 11.3 Å². The Labute approximate surface area is 205 Å². The Morgan fingerprint density at radius 1 is 1.14 bits per heavy atom. The first-order chi connectivity index (χ1) is 17.4. The third kappa shape index (κ3) is 4.05. The molecule has 0 aliphatic rings. The van der Waals surface area contributed by atoms with E-state index in [4.69, 9.17) is 9.15 Å². The van der Waals surface area contributed by atoms with Crippen LogP contribution >= 0.6 is 11.3 Å². The Morgan fingerprint density at radius 3 is 2.72 bits per heavy atom. The molecule has 3 heterocycles. The Kier molecular flexibility index (Phi) is 5.90. The molecular formula is C25H16FN3O6S. The molecule has 0 fully saturated rings. The van der Waals surface area contributed by atoms with Crippen molar-refractivity contribution in [3.8, 4) is 5.69 Å². The predicted octanol–water partition coefficient (Wildman–Crippen LogP) is 4.12. The molecule has 3 aromatic heterocycles. The fourth-order valence-corrected chi connectivity index (χ4v) is 4.60. The minimum Gasteiger partial charge on any atom is -0.461 e. The van der Waals surface area contributed by atoms with Crippen LogP contribution in [0.1, 0.15) is 27.8 Å². The van der Waals surface area contributed by atoms with Crippen LogP contribution in [-0.4, -0.2) is 28.3 Å². The van der Waals surface area contributed by atoms with Crippen LogP contribution in [0.15, 0.2) is 74.0 Å². The van der Waals surface area contributed by atoms with Gasteiger partial charge in [-0.05, 0) is 37.3 Å². The summed E-state index contributed by atoms with van der Waals surface area (Å²) in [5, 5.41) is 8.89. The van der Waals surface area contributed by atoms with Crippen molar-refractivity contribution >= 4 is 50.0 Å². The van der Waals surface area contributed by atoms with E-state index >= 15 is 0 Å². The summed E-state index contributed by atoms with van der Waals surface area (Å²) in [5.74, 6) is -2.20. The molecule has 0 bridgehead atoms. The Bertz CT molecular complexity index is 1790. The number of fused-ring (bicyclic) bond motifs is 2. The van der Waals surface area contributed by atoms with Crippen molar-refractivity contribution in [1.29, 1.82) is 0 Å². The fraction of sp³-hybridized carbons (Fsp3) is 0.0800. The van der Waals surface area contributed by atoms with Crippen LogP contribution in [0.3, 0.4) is 0 Å². The normalized spacial score (nSPS) is 11.1. The number of ether oxygens (including phenoxy) is 1. The first kappa shape index (κ1) is 23.1. The predicted molar refractivity (Wildman–Crippen MR) is 132 cm³/mol. The van der Waals surface area contributed by atoms with Gasteiger partial charge in [-0.1, -0.05) is 24.3 Å². The molecule has 9 nitrogen and oxygen atoms in total. The maximum absolute atomic E-state index is 13.9. The Balaban J connectivity index is 1.66. The summed E-state index contributed by atoms with van der Waals surface area (Å²) in [7, 11) is 0. The van der Waals surface area contributed by atoms with Gasteiger partial charge in [0.15, 0.2) is 5.69 Å². The number of hydrogen-bond acceptors (Lipinski definition) is 8. The van der Waals surface area contributed by atoms with Crippen LogP contribution in [0.2, 0.25) is 0 Å². The van der Waals surface area contributed by atoms with Gasteiger partial charge in [-0.2, -0.15) is 9.78 Å². The van der Waals surface area contributed by atoms with E-state index in [0.717, 1.165) is 22.1 Å². The molecule has 5 rings (SSSR count). The summed E-state index contributed by atoms with van der Waals surface area (Å²) in [5.41, 5.74) is -1.60. The van der Waals surface area contributed by atoms with Crippen molar-refractivity contribution in [3.05, 3.63) is 97.8 Å². The average Bonchev–Trinajstić information content (AvgIpc) is 3.28. The number of benzene rings is 2. The number of carbonyl (C=O) groups excluding carboxylic acids is 2. The minimum atomic E-state index is -0.849. The van der Waals surface area contributed by atoms with Gasteiger partial charge in [0.2, 0.25) is 0 Å². The molecule has 36 heavy (non-hydrogen) atoms. The third-order valence-corrected chi connectivity index (χ3v) is 6.18. The van der Waals surface area contributed by atoms with Gasteiger partial charge >= 0.3 is 11.6 Å². The highest BCUT2D eigenvalue weighted by Crippen LogP contribution is 2.31. The Hall–Kier alpha value is -4.64. The molecule has 0 spiro atoms. The molecule has 0 aliphatic heterocycles. The number of halogens is 1. The molecule has 11 heteroatoms. The van der Waals surface area contributed by atoms with Crippen LogP contribution < -0.4 is 16.5 Å². The molecule has 2 aromatic carbocycles. The van der Waals surface area contributed by atoms with Crippen LogP contribution in [0, 0.1) is 5.82 Å². The van der Waals surface area contributed by atoms with Crippen LogP contribution in [0.25, 0.3) is 27.4 Å². The zero-order valence-electron chi connectivity index (χ0n) is 18.6. The first-order valence-electron chi connectivity index (χ1n) is 10.7. The standard InChI is InChI=1S/C25H16FN3O6S/c1-2-34-25(33)20-17-12-36-22(19(17)23(31)29(28-20)15-8-5-7-14(26)11-15)27-21(30)16-10-13-6-3-4-9-18(13)35-24(16)32/h3-12H,2H2,1H3,(H,27,30). The second kappa shape index (κ2) is 9.19. The van der Waals surface area contributed by atoms with Gasteiger partial charge in [0.05, 0.1) is 17.7 Å². The number of anilines is 1. The topological polar surface area (TPSA) is 120 Å². The largest absolute Gasteiger partial charge is 0.461 e. The van der Waals surface area contributed by atoms with Crippen molar-refractivity contribution in [2.75, 3.05) is 11.9 Å². The molecule has 1 N–H and O–H groups in total. The van der Waals surface area contributed by atoms with Gasteiger partial charge in [-0.25, -0.2) is 14.0 Å². The van der Waals surface area contributed by atoms with Crippen molar-refractivity contribution in [3.63, 3.8) is 0 Å². The summed E-state index contributed by atoms with van der Waals surface area (Å²) < 4.78 is 25.0. The van der Waals surface area contributed by atoms with Crippen molar-refractivity contribution in [2.24, 2.45) is 0 Å². The highest BCUT2D eigenvalue weighted by atomic mass is 32.1. The summed E-state index contributed by atoms with van der Waals surface area (Å²) in [6.07, 6.45) is 0. The van der Waals surface area contributed by atoms with E-state index in [1.165, 1.54) is 29.6 Å². The minimum absolute atomic E-state index is 0.0409. The number of amides is 1. The van der Waals surface area contributed by atoms with Gasteiger partial charge in [0.1, 0.15) is 22.0 Å². The third-order valence-electron chi connectivity index (χ3n) is 5.29. The van der Waals surface area contributed by atoms with Gasteiger partial charge < -0.3 is 14.5 Å². The number of thiophene rings is 1. The maximum Gasteiger partial charge on any atom is 0.359 e. The SMILES string of the molecule is CCOC(=O)c1nn(-c2cccc(F)c2)c(=O)c2c(NC(=O)c3cc4ccccc4oc3=O)scc12. The summed E-state index contributed by atoms with van der Waals surface area (Å²) in [4.78, 5) is 51.5. The molecule has 0 unspecified atom stereocenters. The van der Waals surface area contributed by atoms with Crippen molar-refractivity contribution in [1.82, 2.24) is 9.78 Å². The lowest BCUT2D eigenvalue weighted by atomic mass is 10.1. The summed E-state index contributed by atoms with van der Waals surface area (Å²) >= 11 is 0.966. The van der Waals surface area contributed by atoms with Gasteiger partial charge in [-0.3, -0.25) is 9.59 Å². The molecule has 180 valence electrons. The first-order valence-corrected chi connectivity index (χ1v) is 11.6. The number of hydrogen-bond donors (Lipinski definition) is 1. The van der Waals surface area contributed by atoms with E-state index in [2.05, 4.69) is 10.4 Å². The van der Waals surface area contributed by atoms with Crippen LogP contribution in [-0.2, 0) is 4.74 Å². The quantitative estimate of drug-likeness (QED) is 0.282. The smallest absolute Gasteiger partial charge is 0.359 e. The Morgan fingerprint density at radius 2 is 1.94 bits per heavy atom. The van der Waals surface area contributed by atoms with Crippen molar-refractivity contribution < 1.29 is 23.1 Å². The lowest BCUT2D eigenvalue weighted by molar-refractivity contribution is 0.0520. The molecule has 0 saturated carbocycles. The number of esters is 1. The molecule has 0 saturated heterocycles. The van der Waals surface area contributed by atoms with Gasteiger partial charge in [0, 0.05) is 16.2 Å². The van der Waals surface area contributed by atoms with E-state index in [1.807, 2.05) is 0 Å². The molecule has 5 aromatic rings. The lowest BCUT2D eigenvalue weighted by Gasteiger charge is -2.10. The average molecular weight is 505 g/mol. The number of aromatic nitrogens is 2. The monoisotopic (exact) mass is 505 g/mol. The van der Waals surface area contributed by atoms with E-state index in [9.17, 15) is 23.6 Å². The van der Waals surface area contributed by atoms with E-state index < -0.39 is 28.9 Å². The zero-order chi connectivity index (χ0) is 25.4. The van der Waals surface area contributed by atoms with Crippen LogP contribution in [0.5, 0.6) is 0 Å². The highest BCUT2D eigenvalue weighted by Gasteiger charge is 2.24. The van der Waals surface area contributed by atoms with E-state index in [1.54, 1.807) is 31.2 Å². The number of para-hydroxylation sites is 1. The highest BCUT2D eigenvalue weighted by molar-refractivity contribution is 7.16. The second-order valence-corrected chi connectivity index (χ2v) is 8.44. The summed E-state index contributed by atoms with van der Waals surface area (Å²) in [6, 6.07) is 13.2. The van der Waals surface area contributed by atoms with E-state index in [-0.39, 0.29) is 39.3 Å². The molecule has 0 radical (unpaired) electrons. The number of carbonyl (C=O) groups is 2. The van der Waals surface area contributed by atoms with Gasteiger partial charge in [0.25, 0.3) is 11.5 Å². The second-order valence-electron chi connectivity index (χ2n) is 7.56. The van der Waals surface area contributed by atoms with Crippen LogP contribution in [0.4, 0.5) is 9.39 Å².